The fourth-order valence-corrected chi connectivity index (χ4v) is 4.62. The van der Waals surface area contributed by atoms with E-state index in [4.69, 9.17) is 21.1 Å². The summed E-state index contributed by atoms with van der Waals surface area (Å²) in [5, 5.41) is 10.00. The van der Waals surface area contributed by atoms with Gasteiger partial charge in [0.2, 0.25) is 5.88 Å². The second-order valence-corrected chi connectivity index (χ2v) is 9.51. The number of rotatable bonds is 6. The van der Waals surface area contributed by atoms with Crippen LogP contribution in [0.25, 0.3) is 11.3 Å². The normalized spacial score (nSPS) is 18.5. The number of benzene rings is 1. The van der Waals surface area contributed by atoms with Crippen molar-refractivity contribution in [3.8, 4) is 17.1 Å². The number of hydrogen-bond donors (Lipinski definition) is 2. The molecule has 0 spiro atoms. The van der Waals surface area contributed by atoms with Gasteiger partial charge in [-0.1, -0.05) is 35.9 Å². The first-order chi connectivity index (χ1) is 15.2. The third-order valence-electron chi connectivity index (χ3n) is 5.05. The summed E-state index contributed by atoms with van der Waals surface area (Å²) in [7, 11) is -4.06. The van der Waals surface area contributed by atoms with Crippen LogP contribution in [0, 0.1) is 13.8 Å². The van der Waals surface area contributed by atoms with Gasteiger partial charge in [-0.15, -0.1) is 0 Å². The van der Waals surface area contributed by atoms with Crippen LogP contribution < -0.4 is 9.46 Å². The van der Waals surface area contributed by atoms with Gasteiger partial charge < -0.3 is 14.6 Å². The summed E-state index contributed by atoms with van der Waals surface area (Å²) in [6, 6.07) is 13.3. The summed E-state index contributed by atoms with van der Waals surface area (Å²) >= 11 is 6.38. The molecule has 8 nitrogen and oxygen atoms in total. The molecule has 1 aliphatic rings. The van der Waals surface area contributed by atoms with E-state index in [1.165, 1.54) is 24.3 Å². The predicted molar refractivity (Wildman–Crippen MR) is 120 cm³/mol. The Labute approximate surface area is 191 Å². The van der Waals surface area contributed by atoms with E-state index < -0.39 is 22.2 Å². The van der Waals surface area contributed by atoms with Crippen LogP contribution in [0.15, 0.2) is 53.6 Å². The van der Waals surface area contributed by atoms with Crippen LogP contribution in [-0.2, 0) is 14.8 Å². The molecular weight excluding hydrogens is 454 g/mol. The van der Waals surface area contributed by atoms with Crippen LogP contribution in [-0.4, -0.2) is 48.9 Å². The zero-order valence-electron chi connectivity index (χ0n) is 17.4. The fraction of sp³-hybridized carbons (Fsp3) is 0.273. The molecule has 1 saturated heterocycles. The Balaban J connectivity index is 1.61. The Morgan fingerprint density at radius 1 is 1.06 bits per heavy atom. The van der Waals surface area contributed by atoms with E-state index in [0.29, 0.717) is 10.7 Å². The molecule has 4 rings (SSSR count). The topological polar surface area (TPSA) is 111 Å². The Morgan fingerprint density at radius 3 is 2.47 bits per heavy atom. The molecule has 0 amide bonds. The van der Waals surface area contributed by atoms with E-state index in [1.807, 2.05) is 32.0 Å². The number of halogens is 1. The van der Waals surface area contributed by atoms with Crippen molar-refractivity contribution in [2.75, 3.05) is 17.9 Å². The van der Waals surface area contributed by atoms with E-state index in [2.05, 4.69) is 14.7 Å². The monoisotopic (exact) mass is 475 g/mol. The van der Waals surface area contributed by atoms with E-state index in [-0.39, 0.29) is 29.9 Å². The number of sulfonamides is 1. The molecule has 1 aliphatic heterocycles. The zero-order chi connectivity index (χ0) is 22.9. The molecule has 0 radical (unpaired) electrons. The van der Waals surface area contributed by atoms with E-state index >= 15 is 0 Å². The smallest absolute Gasteiger partial charge is 0.280 e. The summed E-state index contributed by atoms with van der Waals surface area (Å²) < 4.78 is 39.1. The Bertz CT molecular complexity index is 1230. The average molecular weight is 476 g/mol. The second-order valence-electron chi connectivity index (χ2n) is 7.47. The minimum absolute atomic E-state index is 0.0720. The molecule has 2 N–H and O–H groups in total. The van der Waals surface area contributed by atoms with Gasteiger partial charge in [-0.05, 0) is 43.2 Å². The van der Waals surface area contributed by atoms with Crippen molar-refractivity contribution in [3.05, 3.63) is 64.7 Å². The SMILES string of the molecule is Cc1cccc(C)c1-c1nc(NS(=O)(=O)c2cccc(O[C@@H]3COC[C@@H]3O)n2)ccc1Cl. The molecule has 3 aromatic rings. The lowest BCUT2D eigenvalue weighted by Gasteiger charge is -2.15. The minimum atomic E-state index is -4.06. The number of aryl methyl sites for hydroxylation is 2. The van der Waals surface area contributed by atoms with Gasteiger partial charge in [-0.25, -0.2) is 4.98 Å². The van der Waals surface area contributed by atoms with Gasteiger partial charge in [0.25, 0.3) is 10.0 Å². The Kier molecular flexibility index (Phi) is 6.34. The highest BCUT2D eigenvalue weighted by molar-refractivity contribution is 7.92. The van der Waals surface area contributed by atoms with E-state index in [0.717, 1.165) is 16.7 Å². The van der Waals surface area contributed by atoms with Crippen molar-refractivity contribution in [1.29, 1.82) is 0 Å². The summed E-state index contributed by atoms with van der Waals surface area (Å²) in [4.78, 5) is 8.53. The van der Waals surface area contributed by atoms with Crippen molar-refractivity contribution >= 4 is 27.4 Å². The first kappa shape index (κ1) is 22.5. The van der Waals surface area contributed by atoms with Gasteiger partial charge in [-0.2, -0.15) is 13.4 Å². The van der Waals surface area contributed by atoms with E-state index in [9.17, 15) is 13.5 Å². The van der Waals surface area contributed by atoms with Gasteiger partial charge >= 0.3 is 0 Å². The molecular formula is C22H22ClN3O5S. The van der Waals surface area contributed by atoms with Crippen molar-refractivity contribution in [3.63, 3.8) is 0 Å². The molecule has 0 aliphatic carbocycles. The molecule has 3 heterocycles. The Morgan fingerprint density at radius 2 is 1.78 bits per heavy atom. The summed E-state index contributed by atoms with van der Waals surface area (Å²) in [5.74, 6) is 0.183. The highest BCUT2D eigenvalue weighted by atomic mass is 35.5. The number of nitrogens with zero attached hydrogens (tertiary/aromatic N) is 2. The molecule has 0 bridgehead atoms. The average Bonchev–Trinajstić information content (AvgIpc) is 3.14. The van der Waals surface area contributed by atoms with Crippen molar-refractivity contribution in [2.45, 2.75) is 31.1 Å². The summed E-state index contributed by atoms with van der Waals surface area (Å²) in [6.07, 6.45) is -1.40. The lowest BCUT2D eigenvalue weighted by molar-refractivity contribution is 0.0700. The van der Waals surface area contributed by atoms with Crippen LogP contribution in [0.3, 0.4) is 0 Å². The van der Waals surface area contributed by atoms with Gasteiger partial charge in [0, 0.05) is 11.6 Å². The number of anilines is 1. The molecule has 32 heavy (non-hydrogen) atoms. The van der Waals surface area contributed by atoms with Gasteiger partial charge in [0.1, 0.15) is 11.9 Å². The third-order valence-corrected chi connectivity index (χ3v) is 6.61. The Hall–Kier alpha value is -2.72. The number of aliphatic hydroxyl groups is 1. The highest BCUT2D eigenvalue weighted by Gasteiger charge is 2.29. The second kappa shape index (κ2) is 9.03. The maximum absolute atomic E-state index is 12.9. The third kappa shape index (κ3) is 4.71. The number of ether oxygens (including phenoxy) is 2. The van der Waals surface area contributed by atoms with Crippen molar-refractivity contribution < 1.29 is 23.0 Å². The van der Waals surface area contributed by atoms with Crippen molar-refractivity contribution in [2.24, 2.45) is 0 Å². The number of hydrogen-bond acceptors (Lipinski definition) is 7. The largest absolute Gasteiger partial charge is 0.469 e. The van der Waals surface area contributed by atoms with Gasteiger partial charge in [-0.3, -0.25) is 4.72 Å². The van der Waals surface area contributed by atoms with Crippen molar-refractivity contribution in [1.82, 2.24) is 9.97 Å². The molecule has 1 fully saturated rings. The zero-order valence-corrected chi connectivity index (χ0v) is 19.0. The first-order valence-corrected chi connectivity index (χ1v) is 11.8. The maximum Gasteiger partial charge on any atom is 0.280 e. The number of aromatic nitrogens is 2. The van der Waals surface area contributed by atoms with Crippen LogP contribution in [0.4, 0.5) is 5.82 Å². The van der Waals surface area contributed by atoms with Crippen LogP contribution in [0.2, 0.25) is 5.02 Å². The van der Waals surface area contributed by atoms with Gasteiger partial charge in [0.05, 0.1) is 23.9 Å². The highest BCUT2D eigenvalue weighted by Crippen LogP contribution is 2.32. The van der Waals surface area contributed by atoms with Crippen LogP contribution in [0.5, 0.6) is 5.88 Å². The van der Waals surface area contributed by atoms with Gasteiger partial charge in [0.15, 0.2) is 11.1 Å². The quantitative estimate of drug-likeness (QED) is 0.562. The molecule has 2 atom stereocenters. The fourth-order valence-electron chi connectivity index (χ4n) is 3.45. The molecule has 2 aromatic heterocycles. The predicted octanol–water partition coefficient (Wildman–Crippen LogP) is 3.35. The number of nitrogens with one attached hydrogen (secondary N) is 1. The lowest BCUT2D eigenvalue weighted by Crippen LogP contribution is -2.30. The first-order valence-electron chi connectivity index (χ1n) is 9.90. The number of aliphatic hydroxyl groups excluding tert-OH is 1. The lowest BCUT2D eigenvalue weighted by atomic mass is 9.99. The van der Waals surface area contributed by atoms with E-state index in [1.54, 1.807) is 6.07 Å². The van der Waals surface area contributed by atoms with Crippen LogP contribution in [0.1, 0.15) is 11.1 Å². The molecule has 1 aromatic carbocycles. The molecule has 10 heteroatoms. The molecule has 0 unspecified atom stereocenters. The summed E-state index contributed by atoms with van der Waals surface area (Å²) in [5.41, 5.74) is 3.29. The molecule has 168 valence electrons. The van der Waals surface area contributed by atoms with Crippen LogP contribution >= 0.6 is 11.6 Å². The number of pyridine rings is 2. The maximum atomic E-state index is 12.9. The molecule has 0 saturated carbocycles. The summed E-state index contributed by atoms with van der Waals surface area (Å²) in [6.45, 7) is 4.25. The minimum Gasteiger partial charge on any atom is -0.469 e. The standard InChI is InChI=1S/C22H22ClN3O5S/c1-13-5-3-6-14(2)21(13)22-15(23)9-10-18(24-22)26-32(28,29)20-8-4-7-19(25-20)31-17-12-30-11-16(17)27/h3-10,16-17,27H,11-12H2,1-2H3,(H,24,26)/t16-,17+/m0/s1.